The van der Waals surface area contributed by atoms with Gasteiger partial charge in [0.25, 0.3) is 0 Å². The van der Waals surface area contributed by atoms with E-state index < -0.39 is 0 Å². The van der Waals surface area contributed by atoms with Crippen LogP contribution in [0.25, 0.3) is 0 Å². The van der Waals surface area contributed by atoms with Gasteiger partial charge in [0.2, 0.25) is 5.91 Å². The van der Waals surface area contributed by atoms with Crippen molar-refractivity contribution in [3.8, 4) is 0 Å². The van der Waals surface area contributed by atoms with Gasteiger partial charge in [-0.25, -0.2) is 0 Å². The first-order valence-electron chi connectivity index (χ1n) is 5.12. The number of hydrogen-bond acceptors (Lipinski definition) is 1. The van der Waals surface area contributed by atoms with Crippen molar-refractivity contribution in [2.45, 2.75) is 25.7 Å². The lowest BCUT2D eigenvalue weighted by Crippen LogP contribution is -2.10. The molecular weight excluding hydrogens is 174 g/mol. The van der Waals surface area contributed by atoms with E-state index in [1.807, 2.05) is 24.3 Å². The van der Waals surface area contributed by atoms with E-state index in [4.69, 9.17) is 5.73 Å². The van der Waals surface area contributed by atoms with Gasteiger partial charge >= 0.3 is 0 Å². The standard InChI is InChI=1S/C12H15NO/c1-2-8-7-11(8)9-3-5-10(6-4-9)12(13)14/h3-6,8,11H,2,7H2,1H3,(H2,13,14)/t8-,11-/m0/s1. The van der Waals surface area contributed by atoms with Crippen LogP contribution in [0, 0.1) is 5.92 Å². The average Bonchev–Trinajstić information content (AvgIpc) is 2.97. The average molecular weight is 189 g/mol. The molecule has 0 unspecified atom stereocenters. The predicted molar refractivity (Wildman–Crippen MR) is 56.1 cm³/mol. The third-order valence-electron chi connectivity index (χ3n) is 3.07. The second-order valence-electron chi connectivity index (χ2n) is 4.00. The molecule has 2 rings (SSSR count). The Morgan fingerprint density at radius 2 is 2.07 bits per heavy atom. The van der Waals surface area contributed by atoms with Crippen molar-refractivity contribution >= 4 is 5.91 Å². The van der Waals surface area contributed by atoms with Crippen molar-refractivity contribution in [1.82, 2.24) is 0 Å². The van der Waals surface area contributed by atoms with Crippen molar-refractivity contribution < 1.29 is 4.79 Å². The SMILES string of the molecule is CC[C@H]1C[C@@H]1c1ccc(C(N)=O)cc1. The second-order valence-corrected chi connectivity index (χ2v) is 4.00. The van der Waals surface area contributed by atoms with E-state index in [9.17, 15) is 4.79 Å². The number of carbonyl (C=O) groups excluding carboxylic acids is 1. The number of amides is 1. The largest absolute Gasteiger partial charge is 0.366 e. The summed E-state index contributed by atoms with van der Waals surface area (Å²) in [7, 11) is 0. The zero-order valence-corrected chi connectivity index (χ0v) is 8.36. The van der Waals surface area contributed by atoms with E-state index in [2.05, 4.69) is 6.92 Å². The first-order valence-corrected chi connectivity index (χ1v) is 5.12. The monoisotopic (exact) mass is 189 g/mol. The van der Waals surface area contributed by atoms with E-state index >= 15 is 0 Å². The van der Waals surface area contributed by atoms with Gasteiger partial charge in [-0.1, -0.05) is 25.5 Å². The molecule has 0 heterocycles. The van der Waals surface area contributed by atoms with Gasteiger partial charge in [0.15, 0.2) is 0 Å². The summed E-state index contributed by atoms with van der Waals surface area (Å²) in [5.41, 5.74) is 7.12. The van der Waals surface area contributed by atoms with Crippen molar-refractivity contribution in [3.63, 3.8) is 0 Å². The number of benzene rings is 1. The van der Waals surface area contributed by atoms with Crippen LogP contribution in [-0.4, -0.2) is 5.91 Å². The molecule has 1 aliphatic rings. The molecule has 0 aliphatic heterocycles. The molecule has 1 aromatic carbocycles. The summed E-state index contributed by atoms with van der Waals surface area (Å²) >= 11 is 0. The van der Waals surface area contributed by atoms with Crippen LogP contribution in [0.5, 0.6) is 0 Å². The molecule has 0 aromatic heterocycles. The molecule has 1 saturated carbocycles. The smallest absolute Gasteiger partial charge is 0.248 e. The van der Waals surface area contributed by atoms with E-state index in [0.29, 0.717) is 5.56 Å². The highest BCUT2D eigenvalue weighted by Crippen LogP contribution is 2.49. The summed E-state index contributed by atoms with van der Waals surface area (Å²) in [6.45, 7) is 2.22. The van der Waals surface area contributed by atoms with Crippen LogP contribution in [-0.2, 0) is 0 Å². The van der Waals surface area contributed by atoms with Crippen molar-refractivity contribution in [3.05, 3.63) is 35.4 Å². The fourth-order valence-corrected chi connectivity index (χ4v) is 2.00. The maximum absolute atomic E-state index is 10.8. The van der Waals surface area contributed by atoms with Gasteiger partial charge in [-0.05, 0) is 36.0 Å². The van der Waals surface area contributed by atoms with Crippen LogP contribution in [0.15, 0.2) is 24.3 Å². The van der Waals surface area contributed by atoms with Crippen LogP contribution in [0.4, 0.5) is 0 Å². The summed E-state index contributed by atoms with van der Waals surface area (Å²) in [6, 6.07) is 7.70. The van der Waals surface area contributed by atoms with Crippen molar-refractivity contribution in [2.75, 3.05) is 0 Å². The number of hydrogen-bond donors (Lipinski definition) is 1. The molecule has 0 spiro atoms. The lowest BCUT2D eigenvalue weighted by Gasteiger charge is -2.00. The molecule has 1 aliphatic carbocycles. The normalized spacial score (nSPS) is 24.6. The van der Waals surface area contributed by atoms with E-state index in [1.54, 1.807) is 0 Å². The molecule has 1 fully saturated rings. The Kier molecular flexibility index (Phi) is 2.28. The van der Waals surface area contributed by atoms with Gasteiger partial charge in [-0.2, -0.15) is 0 Å². The zero-order valence-electron chi connectivity index (χ0n) is 8.36. The minimum absolute atomic E-state index is 0.348. The van der Waals surface area contributed by atoms with Gasteiger partial charge in [0.05, 0.1) is 0 Å². The predicted octanol–water partition coefficient (Wildman–Crippen LogP) is 2.30. The minimum Gasteiger partial charge on any atom is -0.366 e. The van der Waals surface area contributed by atoms with E-state index in [1.165, 1.54) is 18.4 Å². The number of carbonyl (C=O) groups is 1. The Balaban J connectivity index is 2.11. The quantitative estimate of drug-likeness (QED) is 0.779. The maximum atomic E-state index is 10.8. The first-order chi connectivity index (χ1) is 6.72. The van der Waals surface area contributed by atoms with Crippen LogP contribution in [0.2, 0.25) is 0 Å². The lowest BCUT2D eigenvalue weighted by atomic mass is 10.1. The summed E-state index contributed by atoms with van der Waals surface area (Å²) in [6.07, 6.45) is 2.55. The van der Waals surface area contributed by atoms with Crippen LogP contribution in [0.3, 0.4) is 0 Å². The fraction of sp³-hybridized carbons (Fsp3) is 0.417. The highest BCUT2D eigenvalue weighted by molar-refractivity contribution is 5.92. The molecule has 1 aromatic rings. The molecule has 2 nitrogen and oxygen atoms in total. The molecule has 14 heavy (non-hydrogen) atoms. The summed E-state index contributed by atoms with van der Waals surface area (Å²) in [4.78, 5) is 10.8. The van der Waals surface area contributed by atoms with Crippen LogP contribution < -0.4 is 5.73 Å². The number of primary amides is 1. The molecule has 2 atom stereocenters. The molecule has 0 radical (unpaired) electrons. The topological polar surface area (TPSA) is 43.1 Å². The van der Waals surface area contributed by atoms with Gasteiger partial charge < -0.3 is 5.73 Å². The maximum Gasteiger partial charge on any atom is 0.248 e. The van der Waals surface area contributed by atoms with Gasteiger partial charge in [0, 0.05) is 5.56 Å². The Labute approximate surface area is 84.1 Å². The third kappa shape index (κ3) is 1.65. The molecule has 74 valence electrons. The number of nitrogens with two attached hydrogens (primary N) is 1. The second kappa shape index (κ2) is 3.45. The van der Waals surface area contributed by atoms with Crippen LogP contribution in [0.1, 0.15) is 41.6 Å². The Morgan fingerprint density at radius 1 is 1.43 bits per heavy atom. The highest BCUT2D eigenvalue weighted by atomic mass is 16.1. The molecular formula is C12H15NO. The fourth-order valence-electron chi connectivity index (χ4n) is 2.00. The molecule has 0 saturated heterocycles. The summed E-state index contributed by atoms with van der Waals surface area (Å²) in [5, 5.41) is 0. The minimum atomic E-state index is -0.348. The summed E-state index contributed by atoms with van der Waals surface area (Å²) in [5.74, 6) is 1.23. The Hall–Kier alpha value is -1.31. The summed E-state index contributed by atoms with van der Waals surface area (Å²) < 4.78 is 0. The van der Waals surface area contributed by atoms with E-state index in [0.717, 1.165) is 11.8 Å². The Morgan fingerprint density at radius 3 is 2.50 bits per heavy atom. The van der Waals surface area contributed by atoms with Gasteiger partial charge in [-0.3, -0.25) is 4.79 Å². The highest BCUT2D eigenvalue weighted by Gasteiger charge is 2.36. The molecule has 2 N–H and O–H groups in total. The van der Waals surface area contributed by atoms with Crippen molar-refractivity contribution in [1.29, 1.82) is 0 Å². The third-order valence-corrected chi connectivity index (χ3v) is 3.07. The zero-order chi connectivity index (χ0) is 10.1. The van der Waals surface area contributed by atoms with Gasteiger partial charge in [-0.15, -0.1) is 0 Å². The first kappa shape index (κ1) is 9.25. The van der Waals surface area contributed by atoms with E-state index in [-0.39, 0.29) is 5.91 Å². The van der Waals surface area contributed by atoms with Crippen LogP contribution >= 0.6 is 0 Å². The number of rotatable bonds is 3. The van der Waals surface area contributed by atoms with Gasteiger partial charge in [0.1, 0.15) is 0 Å². The Bertz CT molecular complexity index is 342. The van der Waals surface area contributed by atoms with Crippen molar-refractivity contribution in [2.24, 2.45) is 11.7 Å². The molecule has 1 amide bonds. The lowest BCUT2D eigenvalue weighted by molar-refractivity contribution is 0.100. The molecule has 2 heteroatoms. The molecule has 0 bridgehead atoms.